The minimum Gasteiger partial charge on any atom is -0.372 e. The van der Waals surface area contributed by atoms with Crippen LogP contribution in [0.25, 0.3) is 0 Å². The van der Waals surface area contributed by atoms with Gasteiger partial charge in [-0.2, -0.15) is 0 Å². The number of hydrogen-bond acceptors (Lipinski definition) is 4. The number of nitrogens with zero attached hydrogens (tertiary/aromatic N) is 1. The molecule has 1 aliphatic carbocycles. The molecule has 1 aromatic rings. The average molecular weight is 299 g/mol. The molecule has 2 N–H and O–H groups in total. The molecule has 5 nitrogen and oxygen atoms in total. The minimum absolute atomic E-state index is 0.000284. The molecule has 0 radical (unpaired) electrons. The van der Waals surface area contributed by atoms with E-state index in [1.54, 1.807) is 12.1 Å². The quantitative estimate of drug-likeness (QED) is 0.525. The Morgan fingerprint density at radius 2 is 2.10 bits per heavy atom. The van der Waals surface area contributed by atoms with Crippen LogP contribution in [-0.2, 0) is 11.3 Å². The van der Waals surface area contributed by atoms with Gasteiger partial charge in [-0.25, -0.2) is 0 Å². The van der Waals surface area contributed by atoms with Crippen LogP contribution in [-0.4, -0.2) is 17.1 Å². The fourth-order valence-electron chi connectivity index (χ4n) is 2.54. The van der Waals surface area contributed by atoms with Crippen LogP contribution in [0.2, 0.25) is 5.02 Å². The van der Waals surface area contributed by atoms with E-state index in [9.17, 15) is 10.1 Å². The first-order valence-corrected chi connectivity index (χ1v) is 7.25. The molecule has 1 fully saturated rings. The van der Waals surface area contributed by atoms with Crippen molar-refractivity contribution in [1.82, 2.24) is 0 Å². The summed E-state index contributed by atoms with van der Waals surface area (Å²) < 4.78 is 5.82. The van der Waals surface area contributed by atoms with Crippen LogP contribution >= 0.6 is 11.6 Å². The van der Waals surface area contributed by atoms with Crippen LogP contribution in [0.5, 0.6) is 0 Å². The van der Waals surface area contributed by atoms with Gasteiger partial charge in [-0.05, 0) is 25.0 Å². The van der Waals surface area contributed by atoms with E-state index >= 15 is 0 Å². The highest BCUT2D eigenvalue weighted by molar-refractivity contribution is 6.30. The van der Waals surface area contributed by atoms with Gasteiger partial charge < -0.3 is 10.5 Å². The number of hydrogen-bond donors (Lipinski definition) is 1. The Labute approximate surface area is 123 Å². The highest BCUT2D eigenvalue weighted by Crippen LogP contribution is 2.26. The van der Waals surface area contributed by atoms with E-state index in [-0.39, 0.29) is 24.4 Å². The van der Waals surface area contributed by atoms with Gasteiger partial charge in [-0.1, -0.05) is 30.9 Å². The summed E-state index contributed by atoms with van der Waals surface area (Å²) in [6.07, 6.45) is 5.25. The monoisotopic (exact) mass is 298 g/mol. The van der Waals surface area contributed by atoms with Gasteiger partial charge in [0.25, 0.3) is 5.69 Å². The zero-order valence-corrected chi connectivity index (χ0v) is 12.0. The third kappa shape index (κ3) is 3.91. The summed E-state index contributed by atoms with van der Waals surface area (Å²) in [5.74, 6) is 0. The van der Waals surface area contributed by atoms with Gasteiger partial charge in [0.2, 0.25) is 0 Å². The molecule has 1 saturated carbocycles. The molecule has 1 aliphatic rings. The van der Waals surface area contributed by atoms with E-state index < -0.39 is 4.92 Å². The second-order valence-corrected chi connectivity index (χ2v) is 5.62. The Balaban J connectivity index is 2.04. The predicted molar refractivity (Wildman–Crippen MR) is 77.7 cm³/mol. The highest BCUT2D eigenvalue weighted by Gasteiger charge is 2.22. The minimum atomic E-state index is -0.433. The molecule has 0 aliphatic heterocycles. The van der Waals surface area contributed by atoms with Crippen molar-refractivity contribution in [2.45, 2.75) is 50.9 Å². The first kappa shape index (κ1) is 15.2. The first-order valence-electron chi connectivity index (χ1n) is 6.88. The van der Waals surface area contributed by atoms with Gasteiger partial charge in [-0.15, -0.1) is 0 Å². The molecular formula is C14H19ClN2O3. The van der Waals surface area contributed by atoms with Crippen molar-refractivity contribution in [3.05, 3.63) is 38.9 Å². The lowest BCUT2D eigenvalue weighted by Gasteiger charge is -2.21. The fraction of sp³-hybridized carbons (Fsp3) is 0.571. The summed E-state index contributed by atoms with van der Waals surface area (Å²) in [5.41, 5.74) is 6.62. The Bertz CT molecular complexity index is 481. The van der Waals surface area contributed by atoms with Gasteiger partial charge in [0.1, 0.15) is 0 Å². The summed E-state index contributed by atoms with van der Waals surface area (Å²) in [4.78, 5) is 10.6. The zero-order chi connectivity index (χ0) is 14.5. The highest BCUT2D eigenvalue weighted by atomic mass is 35.5. The maximum atomic E-state index is 11.0. The summed E-state index contributed by atoms with van der Waals surface area (Å²) in [6.45, 7) is 0.200. The normalized spacial score (nSPS) is 23.3. The van der Waals surface area contributed by atoms with Crippen LogP contribution in [0.3, 0.4) is 0 Å². The van der Waals surface area contributed by atoms with Crippen LogP contribution in [0.1, 0.15) is 37.7 Å². The van der Waals surface area contributed by atoms with E-state index in [1.807, 2.05) is 0 Å². The summed E-state index contributed by atoms with van der Waals surface area (Å²) >= 11 is 5.79. The van der Waals surface area contributed by atoms with Gasteiger partial charge in [0.05, 0.1) is 23.2 Å². The van der Waals surface area contributed by atoms with Crippen molar-refractivity contribution in [2.24, 2.45) is 5.73 Å². The molecule has 0 bridgehead atoms. The third-order valence-electron chi connectivity index (χ3n) is 3.70. The molecule has 20 heavy (non-hydrogen) atoms. The van der Waals surface area contributed by atoms with Crippen molar-refractivity contribution < 1.29 is 9.66 Å². The maximum Gasteiger partial charge on any atom is 0.276 e. The average Bonchev–Trinajstić information content (AvgIpc) is 2.62. The van der Waals surface area contributed by atoms with Crippen molar-refractivity contribution in [1.29, 1.82) is 0 Å². The van der Waals surface area contributed by atoms with Gasteiger partial charge in [0, 0.05) is 17.1 Å². The van der Waals surface area contributed by atoms with Crippen molar-refractivity contribution in [3.63, 3.8) is 0 Å². The molecule has 6 heteroatoms. The Morgan fingerprint density at radius 3 is 2.85 bits per heavy atom. The summed E-state index contributed by atoms with van der Waals surface area (Å²) in [5, 5.41) is 11.4. The molecule has 0 aromatic heterocycles. The third-order valence-corrected chi connectivity index (χ3v) is 3.94. The lowest BCUT2D eigenvalue weighted by molar-refractivity contribution is -0.386. The zero-order valence-electron chi connectivity index (χ0n) is 11.3. The van der Waals surface area contributed by atoms with E-state index in [2.05, 4.69) is 0 Å². The number of ether oxygens (including phenoxy) is 1. The second-order valence-electron chi connectivity index (χ2n) is 5.18. The van der Waals surface area contributed by atoms with E-state index in [0.29, 0.717) is 10.6 Å². The Morgan fingerprint density at radius 1 is 1.35 bits per heavy atom. The van der Waals surface area contributed by atoms with Crippen molar-refractivity contribution >= 4 is 17.3 Å². The van der Waals surface area contributed by atoms with Crippen LogP contribution in [0.4, 0.5) is 5.69 Å². The van der Waals surface area contributed by atoms with Gasteiger partial charge in [0.15, 0.2) is 0 Å². The van der Waals surface area contributed by atoms with E-state index in [1.165, 1.54) is 12.5 Å². The van der Waals surface area contributed by atoms with Crippen LogP contribution in [0.15, 0.2) is 18.2 Å². The topological polar surface area (TPSA) is 78.4 Å². The molecule has 2 atom stereocenters. The largest absolute Gasteiger partial charge is 0.372 e. The summed E-state index contributed by atoms with van der Waals surface area (Å²) in [6, 6.07) is 4.65. The number of nitrogens with two attached hydrogens (primary N) is 1. The standard InChI is InChI=1S/C14H19ClN2O3/c15-11-7-6-10(13(8-11)17(18)19)9-20-14-5-3-1-2-4-12(14)16/h6-8,12,14H,1-5,9,16H2. The lowest BCUT2D eigenvalue weighted by atomic mass is 10.1. The van der Waals surface area contributed by atoms with Crippen molar-refractivity contribution in [2.75, 3.05) is 0 Å². The molecule has 0 saturated heterocycles. The smallest absolute Gasteiger partial charge is 0.276 e. The molecule has 110 valence electrons. The molecule has 1 aromatic carbocycles. The number of halogens is 1. The molecule has 0 heterocycles. The van der Waals surface area contributed by atoms with Crippen LogP contribution in [0, 0.1) is 10.1 Å². The van der Waals surface area contributed by atoms with E-state index in [0.717, 1.165) is 25.7 Å². The maximum absolute atomic E-state index is 11.0. The lowest BCUT2D eigenvalue weighted by Crippen LogP contribution is -2.35. The van der Waals surface area contributed by atoms with Crippen LogP contribution < -0.4 is 5.73 Å². The second kappa shape index (κ2) is 7.02. The Kier molecular flexibility index (Phi) is 5.34. The van der Waals surface area contributed by atoms with Gasteiger partial charge in [-0.3, -0.25) is 10.1 Å². The Hall–Kier alpha value is -1.17. The number of rotatable bonds is 4. The number of nitro benzene ring substituents is 1. The number of nitro groups is 1. The first-order chi connectivity index (χ1) is 9.58. The predicted octanol–water partition coefficient (Wildman–Crippen LogP) is 3.42. The van der Waals surface area contributed by atoms with Gasteiger partial charge >= 0.3 is 0 Å². The van der Waals surface area contributed by atoms with Crippen molar-refractivity contribution in [3.8, 4) is 0 Å². The fourth-order valence-corrected chi connectivity index (χ4v) is 2.70. The SMILES string of the molecule is NC1CCCCCC1OCc1ccc(Cl)cc1[N+](=O)[O-]. The molecule has 2 rings (SSSR count). The molecular weight excluding hydrogens is 280 g/mol. The summed E-state index contributed by atoms with van der Waals surface area (Å²) in [7, 11) is 0. The number of benzene rings is 1. The molecule has 2 unspecified atom stereocenters. The molecule has 0 amide bonds. The van der Waals surface area contributed by atoms with E-state index in [4.69, 9.17) is 22.1 Å². The molecule has 0 spiro atoms.